The molecule has 0 aliphatic carbocycles. The first-order valence-electron chi connectivity index (χ1n) is 6.37. The zero-order valence-electron chi connectivity index (χ0n) is 12.3. The van der Waals surface area contributed by atoms with Gasteiger partial charge in [-0.2, -0.15) is 0 Å². The van der Waals surface area contributed by atoms with Gasteiger partial charge >= 0.3 is 6.09 Å². The van der Waals surface area contributed by atoms with Crippen LogP contribution >= 0.6 is 0 Å². The predicted octanol–water partition coefficient (Wildman–Crippen LogP) is 2.71. The number of nitrogen functional groups attached to an aromatic ring is 1. The summed E-state index contributed by atoms with van der Waals surface area (Å²) in [4.78, 5) is 21.8. The summed E-state index contributed by atoms with van der Waals surface area (Å²) in [6, 6.07) is 4.68. The minimum Gasteiger partial charge on any atom is -0.444 e. The Kier molecular flexibility index (Phi) is 5.29. The summed E-state index contributed by atoms with van der Waals surface area (Å²) in [5.41, 5.74) is 5.34. The van der Waals surface area contributed by atoms with Gasteiger partial charge in [-0.3, -0.25) is 10.1 Å². The Morgan fingerprint density at radius 3 is 2.71 bits per heavy atom. The number of nitrogens with one attached hydrogen (secondary N) is 1. The molecular formula is C14H19N3O4. The van der Waals surface area contributed by atoms with Crippen molar-refractivity contribution in [2.75, 3.05) is 12.3 Å². The van der Waals surface area contributed by atoms with Crippen molar-refractivity contribution >= 4 is 23.5 Å². The van der Waals surface area contributed by atoms with Crippen molar-refractivity contribution in [2.45, 2.75) is 26.4 Å². The monoisotopic (exact) mass is 293 g/mol. The molecule has 21 heavy (non-hydrogen) atoms. The average molecular weight is 293 g/mol. The number of nitro groups is 1. The minimum absolute atomic E-state index is 0.0993. The third-order valence-electron chi connectivity index (χ3n) is 2.34. The molecule has 7 nitrogen and oxygen atoms in total. The van der Waals surface area contributed by atoms with Crippen LogP contribution in [-0.4, -0.2) is 23.2 Å². The lowest BCUT2D eigenvalue weighted by Crippen LogP contribution is -2.32. The van der Waals surface area contributed by atoms with Crippen molar-refractivity contribution < 1.29 is 14.5 Å². The third kappa shape index (κ3) is 5.52. The minimum atomic E-state index is -0.569. The van der Waals surface area contributed by atoms with Gasteiger partial charge in [0.2, 0.25) is 0 Å². The Bertz CT molecular complexity index is 562. The number of rotatable bonds is 4. The number of hydrogen-bond acceptors (Lipinski definition) is 5. The van der Waals surface area contributed by atoms with Gasteiger partial charge < -0.3 is 15.8 Å². The number of hydrogen-bond donors (Lipinski definition) is 2. The van der Waals surface area contributed by atoms with Crippen molar-refractivity contribution in [3.8, 4) is 0 Å². The Morgan fingerprint density at radius 2 is 2.14 bits per heavy atom. The van der Waals surface area contributed by atoms with Crippen LogP contribution in [0.4, 0.5) is 16.2 Å². The molecule has 0 radical (unpaired) electrons. The van der Waals surface area contributed by atoms with Crippen molar-refractivity contribution in [1.29, 1.82) is 0 Å². The average Bonchev–Trinajstić information content (AvgIpc) is 2.32. The molecule has 1 aromatic carbocycles. The molecule has 0 saturated carbocycles. The fourth-order valence-electron chi connectivity index (χ4n) is 1.57. The summed E-state index contributed by atoms with van der Waals surface area (Å²) in [6.07, 6.45) is 2.58. The van der Waals surface area contributed by atoms with Gasteiger partial charge in [0.25, 0.3) is 5.69 Å². The highest BCUT2D eigenvalue weighted by atomic mass is 16.6. The first kappa shape index (κ1) is 16.5. The van der Waals surface area contributed by atoms with Gasteiger partial charge in [-0.05, 0) is 32.9 Å². The van der Waals surface area contributed by atoms with E-state index in [9.17, 15) is 14.9 Å². The van der Waals surface area contributed by atoms with Crippen molar-refractivity contribution in [3.63, 3.8) is 0 Å². The maximum atomic E-state index is 11.4. The van der Waals surface area contributed by atoms with Gasteiger partial charge in [0.05, 0.1) is 10.5 Å². The van der Waals surface area contributed by atoms with Gasteiger partial charge in [0.15, 0.2) is 0 Å². The van der Waals surface area contributed by atoms with Crippen LogP contribution in [0.15, 0.2) is 24.3 Å². The number of alkyl carbamates (subject to hydrolysis) is 1. The topological polar surface area (TPSA) is 107 Å². The molecule has 0 fully saturated rings. The first-order chi connectivity index (χ1) is 9.70. The van der Waals surface area contributed by atoms with Crippen LogP contribution in [0.5, 0.6) is 0 Å². The summed E-state index contributed by atoms with van der Waals surface area (Å²) < 4.78 is 5.06. The smallest absolute Gasteiger partial charge is 0.407 e. The van der Waals surface area contributed by atoms with E-state index >= 15 is 0 Å². The summed E-state index contributed by atoms with van der Waals surface area (Å²) in [5, 5.41) is 13.5. The fraction of sp³-hybridized carbons (Fsp3) is 0.357. The SMILES string of the molecule is CC(C)(C)OC(=O)NCC=Cc1cccc(N)c1[N+](=O)[O-]. The van der Waals surface area contributed by atoms with E-state index in [1.807, 2.05) is 0 Å². The molecule has 0 unspecified atom stereocenters. The Hall–Kier alpha value is -2.57. The zero-order chi connectivity index (χ0) is 16.0. The van der Waals surface area contributed by atoms with Crippen LogP contribution in [0.25, 0.3) is 6.08 Å². The van der Waals surface area contributed by atoms with Crippen LogP contribution in [0.1, 0.15) is 26.3 Å². The number of carbonyl (C=O) groups is 1. The normalized spacial score (nSPS) is 11.4. The molecule has 0 atom stereocenters. The molecule has 0 bridgehead atoms. The van der Waals surface area contributed by atoms with E-state index < -0.39 is 16.6 Å². The van der Waals surface area contributed by atoms with E-state index in [4.69, 9.17) is 10.5 Å². The van der Waals surface area contributed by atoms with Gasteiger partial charge in [0.1, 0.15) is 11.3 Å². The van der Waals surface area contributed by atoms with Gasteiger partial charge in [-0.15, -0.1) is 0 Å². The number of nitrogens with two attached hydrogens (primary N) is 1. The van der Waals surface area contributed by atoms with E-state index in [-0.39, 0.29) is 17.9 Å². The Balaban J connectivity index is 2.65. The van der Waals surface area contributed by atoms with Gasteiger partial charge in [-0.25, -0.2) is 4.79 Å². The lowest BCUT2D eigenvalue weighted by Gasteiger charge is -2.19. The second-order valence-corrected chi connectivity index (χ2v) is 5.33. The Morgan fingerprint density at radius 1 is 1.48 bits per heavy atom. The molecule has 0 aliphatic heterocycles. The number of nitro benzene ring substituents is 1. The molecule has 0 spiro atoms. The first-order valence-corrected chi connectivity index (χ1v) is 6.37. The highest BCUT2D eigenvalue weighted by Crippen LogP contribution is 2.26. The van der Waals surface area contributed by atoms with Crippen LogP contribution in [-0.2, 0) is 4.74 Å². The van der Waals surface area contributed by atoms with E-state index in [0.29, 0.717) is 5.56 Å². The molecular weight excluding hydrogens is 274 g/mol. The molecule has 0 saturated heterocycles. The number of para-hydroxylation sites is 1. The second-order valence-electron chi connectivity index (χ2n) is 5.33. The van der Waals surface area contributed by atoms with Gasteiger partial charge in [-0.1, -0.05) is 18.2 Å². The van der Waals surface area contributed by atoms with Crippen molar-refractivity contribution in [1.82, 2.24) is 5.32 Å². The van der Waals surface area contributed by atoms with E-state index in [0.717, 1.165) is 0 Å². The maximum Gasteiger partial charge on any atom is 0.407 e. The van der Waals surface area contributed by atoms with E-state index in [1.54, 1.807) is 39.0 Å². The summed E-state index contributed by atoms with van der Waals surface area (Å²) in [6.45, 7) is 5.48. The molecule has 0 aromatic heterocycles. The number of benzene rings is 1. The predicted molar refractivity (Wildman–Crippen MR) is 80.8 cm³/mol. The van der Waals surface area contributed by atoms with Crippen LogP contribution in [0.3, 0.4) is 0 Å². The Labute approximate surface area is 122 Å². The number of carbonyl (C=O) groups excluding carboxylic acids is 1. The highest BCUT2D eigenvalue weighted by molar-refractivity contribution is 5.72. The fourth-order valence-corrected chi connectivity index (χ4v) is 1.57. The van der Waals surface area contributed by atoms with E-state index in [2.05, 4.69) is 5.32 Å². The summed E-state index contributed by atoms with van der Waals surface area (Å²) in [5.74, 6) is 0. The zero-order valence-corrected chi connectivity index (χ0v) is 12.3. The number of ether oxygens (including phenoxy) is 1. The molecule has 7 heteroatoms. The van der Waals surface area contributed by atoms with Gasteiger partial charge in [0, 0.05) is 6.54 Å². The van der Waals surface area contributed by atoms with Crippen LogP contribution in [0.2, 0.25) is 0 Å². The molecule has 3 N–H and O–H groups in total. The number of nitrogens with zero attached hydrogens (tertiary/aromatic N) is 1. The summed E-state index contributed by atoms with van der Waals surface area (Å²) in [7, 11) is 0. The quantitative estimate of drug-likeness (QED) is 0.504. The molecule has 1 amide bonds. The van der Waals surface area contributed by atoms with Crippen LogP contribution < -0.4 is 11.1 Å². The van der Waals surface area contributed by atoms with Crippen molar-refractivity contribution in [2.24, 2.45) is 0 Å². The maximum absolute atomic E-state index is 11.4. The molecule has 0 aliphatic rings. The lowest BCUT2D eigenvalue weighted by molar-refractivity contribution is -0.384. The molecule has 0 heterocycles. The highest BCUT2D eigenvalue weighted by Gasteiger charge is 2.16. The van der Waals surface area contributed by atoms with Crippen LogP contribution in [0, 0.1) is 10.1 Å². The summed E-state index contributed by atoms with van der Waals surface area (Å²) >= 11 is 0. The standard InChI is InChI=1S/C14H19N3O4/c1-14(2,3)21-13(18)16-9-5-7-10-6-4-8-11(15)12(10)17(19)20/h4-8H,9,15H2,1-3H3,(H,16,18). The second kappa shape index (κ2) is 6.74. The molecule has 114 valence electrons. The van der Waals surface area contributed by atoms with E-state index in [1.165, 1.54) is 12.1 Å². The number of amides is 1. The lowest BCUT2D eigenvalue weighted by atomic mass is 10.1. The molecule has 1 aromatic rings. The molecule has 1 rings (SSSR count). The number of anilines is 1. The van der Waals surface area contributed by atoms with Crippen molar-refractivity contribution in [3.05, 3.63) is 40.0 Å². The largest absolute Gasteiger partial charge is 0.444 e. The third-order valence-corrected chi connectivity index (χ3v) is 2.34.